The highest BCUT2D eigenvalue weighted by atomic mass is 16.5. The predicted octanol–water partition coefficient (Wildman–Crippen LogP) is 1.89. The number of methoxy groups -OCH3 is 1. The first-order valence-corrected chi connectivity index (χ1v) is 7.69. The van der Waals surface area contributed by atoms with Crippen LogP contribution in [0.5, 0.6) is 5.75 Å². The molecule has 0 saturated carbocycles. The molecule has 0 radical (unpaired) electrons. The summed E-state index contributed by atoms with van der Waals surface area (Å²) in [6.45, 7) is 0.389. The number of hydrogen-bond donors (Lipinski definition) is 2. The van der Waals surface area contributed by atoms with Gasteiger partial charge in [-0.15, -0.1) is 0 Å². The number of amides is 1. The van der Waals surface area contributed by atoms with Gasteiger partial charge in [0.05, 0.1) is 7.11 Å². The summed E-state index contributed by atoms with van der Waals surface area (Å²) in [5.74, 6) is 1.18. The minimum absolute atomic E-state index is 0.389. The largest absolute Gasteiger partial charge is 0.496 e. The van der Waals surface area contributed by atoms with E-state index in [9.17, 15) is 4.79 Å². The van der Waals surface area contributed by atoms with Gasteiger partial charge >= 0.3 is 0 Å². The average Bonchev–Trinajstić information content (AvgIpc) is 3.10. The molecule has 25 heavy (non-hydrogen) atoms. The molecule has 0 fully saturated rings. The first kappa shape index (κ1) is 16.7. The van der Waals surface area contributed by atoms with Crippen LogP contribution in [0.1, 0.15) is 27.3 Å². The van der Waals surface area contributed by atoms with Gasteiger partial charge in [-0.1, -0.05) is 23.4 Å². The zero-order valence-electron chi connectivity index (χ0n) is 13.7. The highest BCUT2D eigenvalue weighted by molar-refractivity contribution is 5.92. The minimum atomic E-state index is -0.455. The van der Waals surface area contributed by atoms with E-state index in [1.807, 2.05) is 30.3 Å². The van der Waals surface area contributed by atoms with E-state index in [1.54, 1.807) is 19.2 Å². The zero-order valence-corrected chi connectivity index (χ0v) is 13.7. The quantitative estimate of drug-likeness (QED) is 0.709. The number of carbonyl (C=O) groups excluding carboxylic acids is 1. The van der Waals surface area contributed by atoms with E-state index in [1.165, 1.54) is 0 Å². The van der Waals surface area contributed by atoms with Crippen LogP contribution < -0.4 is 16.2 Å². The molecule has 0 aliphatic rings. The van der Waals surface area contributed by atoms with Crippen molar-refractivity contribution in [2.75, 3.05) is 7.11 Å². The highest BCUT2D eigenvalue weighted by Gasteiger charge is 2.12. The fourth-order valence-electron chi connectivity index (χ4n) is 2.46. The Balaban J connectivity index is 1.79. The number of aromatic nitrogens is 2. The molecule has 0 aliphatic heterocycles. The molecule has 3 aromatic rings. The number of hydrogen-bond acceptors (Lipinski definition) is 6. The summed E-state index contributed by atoms with van der Waals surface area (Å²) in [5, 5.41) is 4.00. The number of nitrogens with zero attached hydrogens (tertiary/aromatic N) is 2. The van der Waals surface area contributed by atoms with Crippen molar-refractivity contribution in [2.45, 2.75) is 13.0 Å². The molecule has 0 aliphatic carbocycles. The minimum Gasteiger partial charge on any atom is -0.496 e. The molecule has 7 nitrogen and oxygen atoms in total. The lowest BCUT2D eigenvalue weighted by Gasteiger charge is -2.06. The first-order valence-electron chi connectivity index (χ1n) is 7.69. The van der Waals surface area contributed by atoms with E-state index in [-0.39, 0.29) is 0 Å². The third-order valence-electron chi connectivity index (χ3n) is 3.82. The van der Waals surface area contributed by atoms with Gasteiger partial charge in [-0.05, 0) is 29.8 Å². The molecule has 2 aromatic carbocycles. The van der Waals surface area contributed by atoms with Crippen LogP contribution >= 0.6 is 0 Å². The summed E-state index contributed by atoms with van der Waals surface area (Å²) in [7, 11) is 1.59. The van der Waals surface area contributed by atoms with Crippen LogP contribution in [0.3, 0.4) is 0 Å². The molecule has 1 heterocycles. The van der Waals surface area contributed by atoms with Crippen molar-refractivity contribution in [3.05, 3.63) is 65.0 Å². The van der Waals surface area contributed by atoms with Crippen molar-refractivity contribution in [1.29, 1.82) is 0 Å². The number of rotatable bonds is 6. The summed E-state index contributed by atoms with van der Waals surface area (Å²) >= 11 is 0. The molecule has 0 saturated heterocycles. The second kappa shape index (κ2) is 7.14. The second-order valence-corrected chi connectivity index (χ2v) is 5.48. The van der Waals surface area contributed by atoms with Crippen LogP contribution in [-0.4, -0.2) is 23.2 Å². The summed E-state index contributed by atoms with van der Waals surface area (Å²) in [4.78, 5) is 15.5. The topological polar surface area (TPSA) is 117 Å². The van der Waals surface area contributed by atoms with Crippen molar-refractivity contribution < 1.29 is 14.1 Å². The molecule has 0 spiro atoms. The van der Waals surface area contributed by atoms with Gasteiger partial charge in [0.1, 0.15) is 5.75 Å². The van der Waals surface area contributed by atoms with E-state index in [4.69, 9.17) is 20.7 Å². The number of carbonyl (C=O) groups is 1. The standard InChI is InChI=1S/C18H18N4O3/c1-24-15-9-13(6-7-14(15)10-19)18-21-16(22-25-18)8-11-2-4-12(5-3-11)17(20)23/h2-7,9H,8,10,19H2,1H3,(H2,20,23). The van der Waals surface area contributed by atoms with Gasteiger partial charge in [-0.25, -0.2) is 0 Å². The molecule has 1 amide bonds. The summed E-state index contributed by atoms with van der Waals surface area (Å²) in [6, 6.07) is 12.5. The Hall–Kier alpha value is -3.19. The van der Waals surface area contributed by atoms with Crippen LogP contribution in [0, 0.1) is 0 Å². The maximum absolute atomic E-state index is 11.1. The van der Waals surface area contributed by atoms with Gasteiger partial charge in [0, 0.05) is 29.7 Å². The van der Waals surface area contributed by atoms with E-state index >= 15 is 0 Å². The SMILES string of the molecule is COc1cc(-c2nc(Cc3ccc(C(N)=O)cc3)no2)ccc1CN. The zero-order chi connectivity index (χ0) is 17.8. The number of ether oxygens (including phenoxy) is 1. The fourth-order valence-corrected chi connectivity index (χ4v) is 2.46. The third kappa shape index (κ3) is 3.67. The molecular formula is C18H18N4O3. The Kier molecular flexibility index (Phi) is 4.76. The number of benzene rings is 2. The Morgan fingerprint density at radius 3 is 2.60 bits per heavy atom. The van der Waals surface area contributed by atoms with Gasteiger partial charge in [0.2, 0.25) is 5.91 Å². The van der Waals surface area contributed by atoms with Gasteiger partial charge in [0.25, 0.3) is 5.89 Å². The molecular weight excluding hydrogens is 320 g/mol. The Morgan fingerprint density at radius 1 is 1.20 bits per heavy atom. The van der Waals surface area contributed by atoms with Crippen LogP contribution in [-0.2, 0) is 13.0 Å². The monoisotopic (exact) mass is 338 g/mol. The number of nitrogens with two attached hydrogens (primary N) is 2. The van der Waals surface area contributed by atoms with Crippen molar-refractivity contribution >= 4 is 5.91 Å². The second-order valence-electron chi connectivity index (χ2n) is 5.48. The molecule has 128 valence electrons. The highest BCUT2D eigenvalue weighted by Crippen LogP contribution is 2.26. The van der Waals surface area contributed by atoms with Crippen molar-refractivity contribution in [3.8, 4) is 17.2 Å². The third-order valence-corrected chi connectivity index (χ3v) is 3.82. The van der Waals surface area contributed by atoms with E-state index < -0.39 is 5.91 Å². The molecule has 3 rings (SSSR count). The lowest BCUT2D eigenvalue weighted by atomic mass is 10.1. The van der Waals surface area contributed by atoms with Crippen LogP contribution in [0.15, 0.2) is 47.0 Å². The van der Waals surface area contributed by atoms with E-state index in [0.717, 1.165) is 16.7 Å². The van der Waals surface area contributed by atoms with E-state index in [2.05, 4.69) is 10.1 Å². The molecule has 1 aromatic heterocycles. The van der Waals surface area contributed by atoms with Crippen LogP contribution in [0.4, 0.5) is 0 Å². The maximum Gasteiger partial charge on any atom is 0.258 e. The Morgan fingerprint density at radius 2 is 1.96 bits per heavy atom. The van der Waals surface area contributed by atoms with Crippen molar-refractivity contribution in [2.24, 2.45) is 11.5 Å². The normalized spacial score (nSPS) is 10.6. The fraction of sp³-hybridized carbons (Fsp3) is 0.167. The van der Waals surface area contributed by atoms with Crippen LogP contribution in [0.25, 0.3) is 11.5 Å². The van der Waals surface area contributed by atoms with Gasteiger partial charge in [-0.2, -0.15) is 4.98 Å². The van der Waals surface area contributed by atoms with Crippen molar-refractivity contribution in [3.63, 3.8) is 0 Å². The maximum atomic E-state index is 11.1. The van der Waals surface area contributed by atoms with Gasteiger partial charge < -0.3 is 20.7 Å². The number of primary amides is 1. The molecule has 4 N–H and O–H groups in total. The lowest BCUT2D eigenvalue weighted by Crippen LogP contribution is -2.10. The Labute approximate surface area is 144 Å². The summed E-state index contributed by atoms with van der Waals surface area (Å²) < 4.78 is 10.7. The summed E-state index contributed by atoms with van der Waals surface area (Å²) in [5.41, 5.74) is 14.0. The van der Waals surface area contributed by atoms with Gasteiger partial charge in [0.15, 0.2) is 5.82 Å². The molecule has 0 unspecified atom stereocenters. The Bertz CT molecular complexity index is 888. The van der Waals surface area contributed by atoms with Crippen molar-refractivity contribution in [1.82, 2.24) is 10.1 Å². The first-order chi connectivity index (χ1) is 12.1. The smallest absolute Gasteiger partial charge is 0.258 e. The van der Waals surface area contributed by atoms with Crippen LogP contribution in [0.2, 0.25) is 0 Å². The predicted molar refractivity (Wildman–Crippen MR) is 91.9 cm³/mol. The molecule has 0 atom stereocenters. The summed E-state index contributed by atoms with van der Waals surface area (Å²) in [6.07, 6.45) is 0.487. The lowest BCUT2D eigenvalue weighted by molar-refractivity contribution is 0.100. The van der Waals surface area contributed by atoms with Gasteiger partial charge in [-0.3, -0.25) is 4.79 Å². The molecule has 7 heteroatoms. The van der Waals surface area contributed by atoms with E-state index in [0.29, 0.717) is 36.0 Å². The molecule has 0 bridgehead atoms. The average molecular weight is 338 g/mol.